The van der Waals surface area contributed by atoms with Gasteiger partial charge in [-0.1, -0.05) is 55.1 Å². The lowest BCUT2D eigenvalue weighted by atomic mass is 10.0. The van der Waals surface area contributed by atoms with Crippen LogP contribution < -0.4 is 5.32 Å². The van der Waals surface area contributed by atoms with E-state index in [0.29, 0.717) is 11.8 Å². The number of amides is 1. The first-order chi connectivity index (χ1) is 13.1. The molecule has 0 saturated heterocycles. The summed E-state index contributed by atoms with van der Waals surface area (Å²) >= 11 is 1.31. The smallest absolute Gasteiger partial charge is 0.257 e. The number of aryl methyl sites for hydroxylation is 1. The molecule has 1 heterocycles. The average Bonchev–Trinajstić information content (AvgIpc) is 3.10. The molecular formula is C21H25N3O2S. The molecule has 0 bridgehead atoms. The molecule has 0 aliphatic heterocycles. The topological polar surface area (TPSA) is 58.4 Å². The Labute approximate surface area is 164 Å². The standard InChI is InChI=1S/C21H25N3O2S/c1-4-15-9-11-16(12-10-15)18(24(2)3)13-22-20(25)14-27-21-23-17-7-5-6-8-19(17)26-21/h5-12,18H,4,13-14H2,1-3H3,(H,22,25). The predicted molar refractivity (Wildman–Crippen MR) is 110 cm³/mol. The number of carbonyl (C=O) groups excluding carboxylic acids is 1. The molecule has 1 atom stereocenters. The normalized spacial score (nSPS) is 12.4. The SMILES string of the molecule is CCc1ccc(C(CNC(=O)CSc2nc3ccccc3o2)N(C)C)cc1. The molecule has 5 nitrogen and oxygen atoms in total. The van der Waals surface area contributed by atoms with Crippen LogP contribution in [-0.2, 0) is 11.2 Å². The Hall–Kier alpha value is -2.31. The number of para-hydroxylation sites is 2. The minimum absolute atomic E-state index is 0.0284. The Bertz CT molecular complexity index is 857. The van der Waals surface area contributed by atoms with Crippen molar-refractivity contribution in [2.45, 2.75) is 24.6 Å². The number of aromatic nitrogens is 1. The number of benzene rings is 2. The van der Waals surface area contributed by atoms with Crippen LogP contribution in [0.3, 0.4) is 0 Å². The summed E-state index contributed by atoms with van der Waals surface area (Å²) in [5.41, 5.74) is 4.06. The first-order valence-electron chi connectivity index (χ1n) is 9.07. The van der Waals surface area contributed by atoms with Gasteiger partial charge in [-0.2, -0.15) is 0 Å². The van der Waals surface area contributed by atoms with E-state index in [1.165, 1.54) is 22.9 Å². The molecule has 1 aromatic heterocycles. The van der Waals surface area contributed by atoms with Crippen LogP contribution in [0.4, 0.5) is 0 Å². The molecule has 0 spiro atoms. The van der Waals surface area contributed by atoms with Crippen molar-refractivity contribution >= 4 is 28.8 Å². The number of hydrogen-bond acceptors (Lipinski definition) is 5. The molecule has 1 unspecified atom stereocenters. The molecule has 27 heavy (non-hydrogen) atoms. The number of nitrogens with zero attached hydrogens (tertiary/aromatic N) is 2. The Kier molecular flexibility index (Phi) is 6.53. The fraction of sp³-hybridized carbons (Fsp3) is 0.333. The molecule has 2 aromatic carbocycles. The van der Waals surface area contributed by atoms with Crippen LogP contribution in [0.25, 0.3) is 11.1 Å². The zero-order valence-corrected chi connectivity index (χ0v) is 16.8. The Morgan fingerprint density at radius 3 is 2.59 bits per heavy atom. The molecule has 0 aliphatic rings. The molecule has 6 heteroatoms. The van der Waals surface area contributed by atoms with Crippen molar-refractivity contribution in [3.05, 3.63) is 59.7 Å². The summed E-state index contributed by atoms with van der Waals surface area (Å²) < 4.78 is 5.64. The van der Waals surface area contributed by atoms with Gasteiger partial charge in [0.05, 0.1) is 11.8 Å². The van der Waals surface area contributed by atoms with Gasteiger partial charge < -0.3 is 14.6 Å². The van der Waals surface area contributed by atoms with Gasteiger partial charge in [-0.3, -0.25) is 4.79 Å². The van der Waals surface area contributed by atoms with E-state index in [1.807, 2.05) is 38.4 Å². The number of rotatable bonds is 8. The maximum Gasteiger partial charge on any atom is 0.257 e. The van der Waals surface area contributed by atoms with Crippen molar-refractivity contribution in [3.8, 4) is 0 Å². The van der Waals surface area contributed by atoms with E-state index in [9.17, 15) is 4.79 Å². The highest BCUT2D eigenvalue weighted by Crippen LogP contribution is 2.23. The summed E-state index contributed by atoms with van der Waals surface area (Å²) in [4.78, 5) is 18.8. The minimum atomic E-state index is -0.0284. The largest absolute Gasteiger partial charge is 0.431 e. The lowest BCUT2D eigenvalue weighted by molar-refractivity contribution is -0.118. The van der Waals surface area contributed by atoms with E-state index in [4.69, 9.17) is 4.42 Å². The lowest BCUT2D eigenvalue weighted by Gasteiger charge is -2.25. The van der Waals surface area contributed by atoms with Crippen LogP contribution in [0.2, 0.25) is 0 Å². The molecule has 0 radical (unpaired) electrons. The van der Waals surface area contributed by atoms with Crippen molar-refractivity contribution < 1.29 is 9.21 Å². The van der Waals surface area contributed by atoms with Gasteiger partial charge >= 0.3 is 0 Å². The van der Waals surface area contributed by atoms with Gasteiger partial charge in [0.2, 0.25) is 5.91 Å². The molecule has 1 N–H and O–H groups in total. The molecule has 0 aliphatic carbocycles. The fourth-order valence-corrected chi connectivity index (χ4v) is 3.54. The van der Waals surface area contributed by atoms with Gasteiger partial charge in [0.25, 0.3) is 5.22 Å². The number of oxazole rings is 1. The molecule has 142 valence electrons. The first kappa shape index (κ1) is 19.5. The van der Waals surface area contributed by atoms with E-state index >= 15 is 0 Å². The van der Waals surface area contributed by atoms with Crippen LogP contribution >= 0.6 is 11.8 Å². The summed E-state index contributed by atoms with van der Waals surface area (Å²) in [6.07, 6.45) is 1.02. The third-order valence-corrected chi connectivity index (χ3v) is 5.32. The van der Waals surface area contributed by atoms with Gasteiger partial charge in [0, 0.05) is 6.54 Å². The van der Waals surface area contributed by atoms with Gasteiger partial charge in [-0.15, -0.1) is 0 Å². The van der Waals surface area contributed by atoms with E-state index in [2.05, 4.69) is 46.4 Å². The number of hydrogen-bond donors (Lipinski definition) is 1. The van der Waals surface area contributed by atoms with Crippen LogP contribution in [-0.4, -0.2) is 42.2 Å². The summed E-state index contributed by atoms with van der Waals surface area (Å²) in [6.45, 7) is 2.71. The number of nitrogens with one attached hydrogen (secondary N) is 1. The van der Waals surface area contributed by atoms with Crippen LogP contribution in [0.1, 0.15) is 24.1 Å². The Morgan fingerprint density at radius 1 is 1.19 bits per heavy atom. The average molecular weight is 384 g/mol. The maximum atomic E-state index is 12.3. The lowest BCUT2D eigenvalue weighted by Crippen LogP contribution is -2.35. The quantitative estimate of drug-likeness (QED) is 0.598. The second kappa shape index (κ2) is 9.06. The second-order valence-electron chi connectivity index (χ2n) is 6.61. The highest BCUT2D eigenvalue weighted by molar-refractivity contribution is 7.99. The van der Waals surface area contributed by atoms with Gasteiger partial charge in [0.1, 0.15) is 5.52 Å². The zero-order valence-electron chi connectivity index (χ0n) is 15.9. The number of thioether (sulfide) groups is 1. The van der Waals surface area contributed by atoms with Crippen molar-refractivity contribution in [2.24, 2.45) is 0 Å². The third-order valence-electron chi connectivity index (χ3n) is 4.49. The molecule has 0 saturated carbocycles. The molecule has 3 aromatic rings. The molecule has 3 rings (SSSR count). The summed E-state index contributed by atoms with van der Waals surface area (Å²) in [5, 5.41) is 3.54. The van der Waals surface area contributed by atoms with E-state index in [-0.39, 0.29) is 17.7 Å². The Balaban J connectivity index is 1.54. The highest BCUT2D eigenvalue weighted by Gasteiger charge is 2.16. The zero-order chi connectivity index (χ0) is 19.2. The molecular weight excluding hydrogens is 358 g/mol. The van der Waals surface area contributed by atoms with E-state index in [1.54, 1.807) is 0 Å². The third kappa shape index (κ3) is 5.11. The van der Waals surface area contributed by atoms with Crippen molar-refractivity contribution in [2.75, 3.05) is 26.4 Å². The van der Waals surface area contributed by atoms with Crippen LogP contribution in [0.5, 0.6) is 0 Å². The van der Waals surface area contributed by atoms with Gasteiger partial charge in [0.15, 0.2) is 5.58 Å². The minimum Gasteiger partial charge on any atom is -0.431 e. The summed E-state index contributed by atoms with van der Waals surface area (Å²) in [6, 6.07) is 16.3. The highest BCUT2D eigenvalue weighted by atomic mass is 32.2. The molecule has 0 fully saturated rings. The fourth-order valence-electron chi connectivity index (χ4n) is 2.88. The number of carbonyl (C=O) groups is 1. The van der Waals surface area contributed by atoms with E-state index in [0.717, 1.165) is 17.5 Å². The van der Waals surface area contributed by atoms with Gasteiger partial charge in [-0.25, -0.2) is 4.98 Å². The monoisotopic (exact) mass is 383 g/mol. The van der Waals surface area contributed by atoms with Crippen LogP contribution in [0.15, 0.2) is 58.2 Å². The summed E-state index contributed by atoms with van der Waals surface area (Å²) in [5.74, 6) is 0.251. The Morgan fingerprint density at radius 2 is 1.93 bits per heavy atom. The van der Waals surface area contributed by atoms with Crippen molar-refractivity contribution in [1.82, 2.24) is 15.2 Å². The number of fused-ring (bicyclic) bond motifs is 1. The first-order valence-corrected chi connectivity index (χ1v) is 10.1. The molecule has 1 amide bonds. The predicted octanol–water partition coefficient (Wildman–Crippen LogP) is 3.90. The van der Waals surface area contributed by atoms with Crippen molar-refractivity contribution in [3.63, 3.8) is 0 Å². The maximum absolute atomic E-state index is 12.3. The van der Waals surface area contributed by atoms with Gasteiger partial charge in [-0.05, 0) is 43.8 Å². The summed E-state index contributed by atoms with van der Waals surface area (Å²) in [7, 11) is 4.05. The van der Waals surface area contributed by atoms with E-state index < -0.39 is 0 Å². The van der Waals surface area contributed by atoms with Crippen molar-refractivity contribution in [1.29, 1.82) is 0 Å². The van der Waals surface area contributed by atoms with Crippen LogP contribution in [0, 0.1) is 0 Å². The second-order valence-corrected chi connectivity index (χ2v) is 7.54. The number of likely N-dealkylation sites (N-methyl/N-ethyl adjacent to an activating group) is 1.